The van der Waals surface area contributed by atoms with E-state index in [-0.39, 0.29) is 6.54 Å². The molecule has 0 aromatic carbocycles. The maximum atomic E-state index is 12.3. The molecule has 5 heteroatoms. The lowest BCUT2D eigenvalue weighted by Crippen LogP contribution is -2.40. The summed E-state index contributed by atoms with van der Waals surface area (Å²) < 4.78 is 36.8. The van der Waals surface area contributed by atoms with Gasteiger partial charge in [-0.05, 0) is 32.4 Å². The first-order chi connectivity index (χ1) is 8.03. The van der Waals surface area contributed by atoms with E-state index in [0.29, 0.717) is 19.1 Å². The number of hydrogen-bond acceptors (Lipinski definition) is 2. The summed E-state index contributed by atoms with van der Waals surface area (Å²) in [7, 11) is 0. The minimum atomic E-state index is -4.05. The Bertz CT molecular complexity index is 200. The Kier molecular flexibility index (Phi) is 6.27. The lowest BCUT2D eigenvalue weighted by molar-refractivity contribution is -0.139. The third kappa shape index (κ3) is 6.27. The van der Waals surface area contributed by atoms with Crippen molar-refractivity contribution in [3.63, 3.8) is 0 Å². The molecule has 0 unspecified atom stereocenters. The molecule has 1 rings (SSSR count). The third-order valence-electron chi connectivity index (χ3n) is 3.42. The van der Waals surface area contributed by atoms with Crippen LogP contribution in [0.1, 0.15) is 44.9 Å². The second kappa shape index (κ2) is 7.21. The number of nitrogens with zero attached hydrogens (tertiary/aromatic N) is 1. The molecule has 1 aliphatic rings. The number of halogens is 3. The van der Waals surface area contributed by atoms with Gasteiger partial charge in [-0.15, -0.1) is 0 Å². The predicted octanol–water partition coefficient (Wildman–Crippen LogP) is 2.92. The van der Waals surface area contributed by atoms with Crippen LogP contribution < -0.4 is 5.73 Å². The van der Waals surface area contributed by atoms with Crippen LogP contribution in [0.15, 0.2) is 0 Å². The summed E-state index contributed by atoms with van der Waals surface area (Å²) in [6.07, 6.45) is 1.65. The van der Waals surface area contributed by atoms with E-state index in [4.69, 9.17) is 5.73 Å². The van der Waals surface area contributed by atoms with Gasteiger partial charge in [-0.25, -0.2) is 0 Å². The second-order valence-corrected chi connectivity index (χ2v) is 4.84. The van der Waals surface area contributed by atoms with Crippen LogP contribution >= 0.6 is 0 Å². The molecule has 0 saturated heterocycles. The smallest absolute Gasteiger partial charge is 0.330 e. The summed E-state index contributed by atoms with van der Waals surface area (Å²) in [4.78, 5) is 2.00. The number of hydrogen-bond donors (Lipinski definition) is 1. The highest BCUT2D eigenvalue weighted by molar-refractivity contribution is 4.76. The lowest BCUT2D eigenvalue weighted by Gasteiger charge is -2.34. The number of nitrogens with two attached hydrogens (primary N) is 1. The van der Waals surface area contributed by atoms with Crippen LogP contribution in [0.25, 0.3) is 0 Å². The molecule has 0 atom stereocenters. The second-order valence-electron chi connectivity index (χ2n) is 4.84. The van der Waals surface area contributed by atoms with Crippen LogP contribution in [0.4, 0.5) is 13.2 Å². The molecule has 0 bridgehead atoms. The summed E-state index contributed by atoms with van der Waals surface area (Å²) >= 11 is 0. The van der Waals surface area contributed by atoms with E-state index in [2.05, 4.69) is 0 Å². The van der Waals surface area contributed by atoms with Crippen molar-refractivity contribution in [2.45, 2.75) is 57.2 Å². The molecule has 17 heavy (non-hydrogen) atoms. The molecule has 0 radical (unpaired) electrons. The van der Waals surface area contributed by atoms with Gasteiger partial charge in [-0.2, -0.15) is 13.2 Å². The molecular weight excluding hydrogens is 229 g/mol. The Balaban J connectivity index is 2.40. The van der Waals surface area contributed by atoms with Gasteiger partial charge in [0.15, 0.2) is 0 Å². The molecule has 0 heterocycles. The largest absolute Gasteiger partial charge is 0.390 e. The highest BCUT2D eigenvalue weighted by Gasteiger charge is 2.29. The number of rotatable bonds is 6. The van der Waals surface area contributed by atoms with E-state index in [9.17, 15) is 13.2 Å². The quantitative estimate of drug-likeness (QED) is 0.787. The SMILES string of the molecule is NCCCN(CCC(F)(F)F)C1CCCCC1. The molecule has 102 valence electrons. The van der Waals surface area contributed by atoms with Crippen molar-refractivity contribution in [3.05, 3.63) is 0 Å². The van der Waals surface area contributed by atoms with Gasteiger partial charge in [-0.3, -0.25) is 0 Å². The zero-order valence-electron chi connectivity index (χ0n) is 10.3. The minimum absolute atomic E-state index is 0.133. The molecule has 1 aliphatic carbocycles. The van der Waals surface area contributed by atoms with Gasteiger partial charge in [0, 0.05) is 12.6 Å². The van der Waals surface area contributed by atoms with E-state index < -0.39 is 12.6 Å². The van der Waals surface area contributed by atoms with Crippen molar-refractivity contribution in [1.29, 1.82) is 0 Å². The minimum Gasteiger partial charge on any atom is -0.330 e. The highest BCUT2D eigenvalue weighted by Crippen LogP contribution is 2.25. The monoisotopic (exact) mass is 252 g/mol. The van der Waals surface area contributed by atoms with Crippen molar-refractivity contribution in [1.82, 2.24) is 4.90 Å². The summed E-state index contributed by atoms with van der Waals surface area (Å²) in [5.41, 5.74) is 5.44. The van der Waals surface area contributed by atoms with E-state index in [1.54, 1.807) is 0 Å². The van der Waals surface area contributed by atoms with Crippen molar-refractivity contribution in [3.8, 4) is 0 Å². The van der Waals surface area contributed by atoms with Gasteiger partial charge in [0.05, 0.1) is 6.42 Å². The molecule has 0 aromatic rings. The standard InChI is InChI=1S/C12H23F3N2/c13-12(14,15)7-10-17(9-4-8-16)11-5-2-1-3-6-11/h11H,1-10,16H2. The number of alkyl halides is 3. The maximum absolute atomic E-state index is 12.3. The normalized spacial score (nSPS) is 18.9. The van der Waals surface area contributed by atoms with Gasteiger partial charge in [-0.1, -0.05) is 19.3 Å². The van der Waals surface area contributed by atoms with Crippen LogP contribution in [0.3, 0.4) is 0 Å². The van der Waals surface area contributed by atoms with Crippen LogP contribution in [0, 0.1) is 0 Å². The first kappa shape index (κ1) is 14.8. The topological polar surface area (TPSA) is 29.3 Å². The van der Waals surface area contributed by atoms with Gasteiger partial charge in [0.25, 0.3) is 0 Å². The molecule has 0 amide bonds. The van der Waals surface area contributed by atoms with Crippen molar-refractivity contribution < 1.29 is 13.2 Å². The molecule has 0 aliphatic heterocycles. The van der Waals surface area contributed by atoms with Crippen molar-refractivity contribution >= 4 is 0 Å². The average Bonchev–Trinajstić information content (AvgIpc) is 2.29. The lowest BCUT2D eigenvalue weighted by atomic mass is 9.94. The van der Waals surface area contributed by atoms with E-state index in [1.165, 1.54) is 6.42 Å². The zero-order valence-corrected chi connectivity index (χ0v) is 10.3. The fourth-order valence-corrected chi connectivity index (χ4v) is 2.49. The molecular formula is C12H23F3N2. The van der Waals surface area contributed by atoms with Crippen LogP contribution in [0.5, 0.6) is 0 Å². The van der Waals surface area contributed by atoms with E-state index in [1.807, 2.05) is 4.90 Å². The summed E-state index contributed by atoms with van der Waals surface area (Å²) in [5.74, 6) is 0. The van der Waals surface area contributed by atoms with Gasteiger partial charge >= 0.3 is 6.18 Å². The van der Waals surface area contributed by atoms with E-state index >= 15 is 0 Å². The Morgan fingerprint density at radius 3 is 2.24 bits per heavy atom. The fourth-order valence-electron chi connectivity index (χ4n) is 2.49. The van der Waals surface area contributed by atoms with Crippen LogP contribution in [-0.2, 0) is 0 Å². The Morgan fingerprint density at radius 2 is 1.71 bits per heavy atom. The van der Waals surface area contributed by atoms with Gasteiger partial charge in [0.2, 0.25) is 0 Å². The molecule has 0 aromatic heterocycles. The Morgan fingerprint density at radius 1 is 1.06 bits per heavy atom. The van der Waals surface area contributed by atoms with Gasteiger partial charge in [0.1, 0.15) is 0 Å². The first-order valence-corrected chi connectivity index (χ1v) is 6.54. The maximum Gasteiger partial charge on any atom is 0.390 e. The molecule has 2 N–H and O–H groups in total. The predicted molar refractivity (Wildman–Crippen MR) is 62.8 cm³/mol. The summed E-state index contributed by atoms with van der Waals surface area (Å²) in [5, 5.41) is 0. The van der Waals surface area contributed by atoms with Crippen LogP contribution in [-0.4, -0.2) is 36.8 Å². The molecule has 0 spiro atoms. The van der Waals surface area contributed by atoms with Crippen molar-refractivity contribution in [2.75, 3.05) is 19.6 Å². The molecule has 1 saturated carbocycles. The highest BCUT2D eigenvalue weighted by atomic mass is 19.4. The molecule has 2 nitrogen and oxygen atoms in total. The third-order valence-corrected chi connectivity index (χ3v) is 3.42. The summed E-state index contributed by atoms with van der Waals surface area (Å²) in [6.45, 7) is 1.39. The first-order valence-electron chi connectivity index (χ1n) is 6.54. The summed E-state index contributed by atoms with van der Waals surface area (Å²) in [6, 6.07) is 0.345. The van der Waals surface area contributed by atoms with Crippen molar-refractivity contribution in [2.24, 2.45) is 5.73 Å². The van der Waals surface area contributed by atoms with Crippen LogP contribution in [0.2, 0.25) is 0 Å². The molecule has 1 fully saturated rings. The Labute approximate surface area is 101 Å². The fraction of sp³-hybridized carbons (Fsp3) is 1.00. The van der Waals surface area contributed by atoms with Gasteiger partial charge < -0.3 is 10.6 Å². The average molecular weight is 252 g/mol. The Hall–Kier alpha value is -0.290. The zero-order chi connectivity index (χ0) is 12.7. The van der Waals surface area contributed by atoms with E-state index in [0.717, 1.165) is 32.1 Å².